The number of carbonyl (C=O) groups excluding carboxylic acids is 3. The van der Waals surface area contributed by atoms with Crippen molar-refractivity contribution in [3.05, 3.63) is 22.4 Å². The number of rotatable bonds is 2. The fraction of sp³-hybridized carbons (Fsp3) is 0.611. The van der Waals surface area contributed by atoms with Crippen molar-refractivity contribution in [2.75, 3.05) is 39.3 Å². The molecule has 2 unspecified atom stereocenters. The molecule has 0 N–H and O–H groups in total. The summed E-state index contributed by atoms with van der Waals surface area (Å²) in [4.78, 5) is 43.5. The highest BCUT2D eigenvalue weighted by Gasteiger charge is 2.59. The molecule has 3 amide bonds. The summed E-state index contributed by atoms with van der Waals surface area (Å²) in [7, 11) is 0. The molecule has 4 rings (SSSR count). The number of nitrogens with zero attached hydrogens (tertiary/aromatic N) is 3. The van der Waals surface area contributed by atoms with Crippen LogP contribution in [0.2, 0.25) is 0 Å². The van der Waals surface area contributed by atoms with Crippen molar-refractivity contribution >= 4 is 29.1 Å². The van der Waals surface area contributed by atoms with Crippen LogP contribution in [0.25, 0.3) is 0 Å². The van der Waals surface area contributed by atoms with Gasteiger partial charge in [-0.3, -0.25) is 14.4 Å². The van der Waals surface area contributed by atoms with E-state index in [1.54, 1.807) is 11.8 Å². The number of hydrogen-bond acceptors (Lipinski definition) is 4. The molecule has 0 radical (unpaired) electrons. The van der Waals surface area contributed by atoms with E-state index < -0.39 is 5.41 Å². The zero-order chi connectivity index (χ0) is 17.6. The third-order valence-electron chi connectivity index (χ3n) is 5.93. The molecule has 1 aromatic rings. The van der Waals surface area contributed by atoms with E-state index in [4.69, 9.17) is 0 Å². The Morgan fingerprint density at radius 1 is 1.08 bits per heavy atom. The van der Waals surface area contributed by atoms with Crippen molar-refractivity contribution in [1.82, 2.24) is 14.7 Å². The Labute approximate surface area is 151 Å². The summed E-state index contributed by atoms with van der Waals surface area (Å²) in [6.07, 6.45) is 2.08. The maximum atomic E-state index is 13.3. The molecule has 0 aromatic carbocycles. The number of amides is 3. The van der Waals surface area contributed by atoms with E-state index in [1.807, 2.05) is 26.6 Å². The van der Waals surface area contributed by atoms with Crippen molar-refractivity contribution in [1.29, 1.82) is 0 Å². The smallest absolute Gasteiger partial charge is 0.254 e. The maximum Gasteiger partial charge on any atom is 0.254 e. The number of likely N-dealkylation sites (tertiary alicyclic amines) is 3. The monoisotopic (exact) mass is 361 g/mol. The number of fused-ring (bicyclic) bond motifs is 1. The second-order valence-corrected chi connectivity index (χ2v) is 8.23. The van der Waals surface area contributed by atoms with Gasteiger partial charge in [-0.1, -0.05) is 0 Å². The summed E-state index contributed by atoms with van der Waals surface area (Å²) in [6, 6.07) is 1.83. The third kappa shape index (κ3) is 2.65. The van der Waals surface area contributed by atoms with Crippen molar-refractivity contribution in [2.24, 2.45) is 11.3 Å². The van der Waals surface area contributed by atoms with Crippen LogP contribution >= 0.6 is 11.3 Å². The first kappa shape index (κ1) is 16.6. The van der Waals surface area contributed by atoms with Gasteiger partial charge < -0.3 is 14.7 Å². The highest BCUT2D eigenvalue weighted by Crippen LogP contribution is 2.45. The van der Waals surface area contributed by atoms with Crippen LogP contribution in [0.1, 0.15) is 30.1 Å². The van der Waals surface area contributed by atoms with Gasteiger partial charge in [-0.2, -0.15) is 11.3 Å². The number of hydrogen-bond donors (Lipinski definition) is 0. The Hall–Kier alpha value is -1.89. The first-order valence-electron chi connectivity index (χ1n) is 8.87. The largest absolute Gasteiger partial charge is 0.342 e. The summed E-state index contributed by atoms with van der Waals surface area (Å²) in [5.74, 6) is 0.184. The fourth-order valence-electron chi connectivity index (χ4n) is 4.57. The lowest BCUT2D eigenvalue weighted by Gasteiger charge is -2.32. The molecule has 3 aliphatic heterocycles. The van der Waals surface area contributed by atoms with Crippen molar-refractivity contribution in [2.45, 2.75) is 19.8 Å². The second kappa shape index (κ2) is 6.12. The number of carbonyl (C=O) groups is 3. The molecule has 3 saturated heterocycles. The van der Waals surface area contributed by atoms with Gasteiger partial charge in [-0.05, 0) is 24.3 Å². The molecule has 3 aliphatic rings. The first-order valence-corrected chi connectivity index (χ1v) is 9.82. The highest BCUT2D eigenvalue weighted by atomic mass is 32.1. The van der Waals surface area contributed by atoms with Crippen LogP contribution in [0.4, 0.5) is 0 Å². The summed E-state index contributed by atoms with van der Waals surface area (Å²) < 4.78 is 0. The van der Waals surface area contributed by atoms with Crippen molar-refractivity contribution < 1.29 is 14.4 Å². The van der Waals surface area contributed by atoms with Gasteiger partial charge in [-0.15, -0.1) is 0 Å². The van der Waals surface area contributed by atoms with Crippen molar-refractivity contribution in [3.63, 3.8) is 0 Å². The third-order valence-corrected chi connectivity index (χ3v) is 6.61. The van der Waals surface area contributed by atoms with Gasteiger partial charge in [0.05, 0.1) is 11.0 Å². The molecule has 4 heterocycles. The Kier molecular flexibility index (Phi) is 4.06. The van der Waals surface area contributed by atoms with E-state index in [-0.39, 0.29) is 23.6 Å². The average molecular weight is 361 g/mol. The van der Waals surface area contributed by atoms with Crippen LogP contribution in [0.5, 0.6) is 0 Å². The molecule has 1 aromatic heterocycles. The minimum atomic E-state index is -0.623. The predicted molar refractivity (Wildman–Crippen MR) is 94.2 cm³/mol. The molecule has 7 heteroatoms. The van der Waals surface area contributed by atoms with Crippen molar-refractivity contribution in [3.8, 4) is 0 Å². The average Bonchev–Trinajstić information content (AvgIpc) is 3.36. The van der Waals surface area contributed by atoms with Crippen LogP contribution in [-0.4, -0.2) is 71.7 Å². The second-order valence-electron chi connectivity index (χ2n) is 7.45. The van der Waals surface area contributed by atoms with Crippen LogP contribution in [-0.2, 0) is 9.59 Å². The molecule has 134 valence electrons. The first-order chi connectivity index (χ1) is 12.0. The summed E-state index contributed by atoms with van der Waals surface area (Å²) in [6.45, 7) is 5.14. The Morgan fingerprint density at radius 3 is 2.40 bits per heavy atom. The topological polar surface area (TPSA) is 60.9 Å². The molecule has 0 bridgehead atoms. The van der Waals surface area contributed by atoms with Gasteiger partial charge in [-0.25, -0.2) is 0 Å². The molecule has 3 fully saturated rings. The normalized spacial score (nSPS) is 28.5. The van der Waals surface area contributed by atoms with Gasteiger partial charge in [0.2, 0.25) is 11.8 Å². The summed E-state index contributed by atoms with van der Waals surface area (Å²) in [5.41, 5.74) is 0.0685. The predicted octanol–water partition coefficient (Wildman–Crippen LogP) is 1.29. The Bertz CT molecular complexity index is 698. The van der Waals surface area contributed by atoms with E-state index in [0.29, 0.717) is 31.7 Å². The highest BCUT2D eigenvalue weighted by molar-refractivity contribution is 7.08. The van der Waals surface area contributed by atoms with Crippen LogP contribution in [0, 0.1) is 11.3 Å². The lowest BCUT2D eigenvalue weighted by atomic mass is 9.79. The molecule has 2 atom stereocenters. The molecule has 0 saturated carbocycles. The van der Waals surface area contributed by atoms with E-state index in [2.05, 4.69) is 0 Å². The lowest BCUT2D eigenvalue weighted by molar-refractivity contribution is -0.141. The molecule has 6 nitrogen and oxygen atoms in total. The fourth-order valence-corrected chi connectivity index (χ4v) is 5.20. The zero-order valence-corrected chi connectivity index (χ0v) is 15.3. The minimum absolute atomic E-state index is 0.00128. The van der Waals surface area contributed by atoms with E-state index >= 15 is 0 Å². The van der Waals surface area contributed by atoms with Crippen LogP contribution < -0.4 is 0 Å². The molecule has 0 spiro atoms. The van der Waals surface area contributed by atoms with Gasteiger partial charge in [0.1, 0.15) is 0 Å². The summed E-state index contributed by atoms with van der Waals surface area (Å²) in [5, 5.41) is 3.75. The number of thiophene rings is 1. The summed E-state index contributed by atoms with van der Waals surface area (Å²) >= 11 is 1.50. The van der Waals surface area contributed by atoms with Gasteiger partial charge in [0.15, 0.2) is 0 Å². The quantitative estimate of drug-likeness (QED) is 0.798. The molecule has 25 heavy (non-hydrogen) atoms. The lowest BCUT2D eigenvalue weighted by Crippen LogP contribution is -2.49. The van der Waals surface area contributed by atoms with Gasteiger partial charge in [0.25, 0.3) is 5.91 Å². The minimum Gasteiger partial charge on any atom is -0.342 e. The molecule has 0 aliphatic carbocycles. The van der Waals surface area contributed by atoms with Crippen LogP contribution in [0.3, 0.4) is 0 Å². The van der Waals surface area contributed by atoms with E-state index in [1.165, 1.54) is 11.3 Å². The standard InChI is InChI=1S/C18H23N3O3S/c1-13(22)20-8-15-9-21(16(23)14-4-7-25-10-14)12-18(15,11-20)17(24)19-5-2-3-6-19/h4,7,10,15H,2-3,5-6,8-9,11-12H2,1H3. The molecular weight excluding hydrogens is 338 g/mol. The van der Waals surface area contributed by atoms with Gasteiger partial charge in [0, 0.05) is 57.5 Å². The van der Waals surface area contributed by atoms with Crippen LogP contribution in [0.15, 0.2) is 16.8 Å². The Morgan fingerprint density at radius 2 is 1.76 bits per heavy atom. The van der Waals surface area contributed by atoms with Gasteiger partial charge >= 0.3 is 0 Å². The maximum absolute atomic E-state index is 13.3. The van der Waals surface area contributed by atoms with E-state index in [0.717, 1.165) is 25.9 Å². The zero-order valence-electron chi connectivity index (χ0n) is 14.4. The Balaban J connectivity index is 1.61. The molecular formula is C18H23N3O3S. The SMILES string of the molecule is CC(=O)N1CC2CN(C(=O)c3ccsc3)CC2(C(=O)N2CCCC2)C1. The van der Waals surface area contributed by atoms with E-state index in [9.17, 15) is 14.4 Å².